The van der Waals surface area contributed by atoms with Crippen LogP contribution in [-0.4, -0.2) is 35.6 Å². The molecule has 0 amide bonds. The smallest absolute Gasteiger partial charge is 0.324 e. The summed E-state index contributed by atoms with van der Waals surface area (Å²) in [5.41, 5.74) is -0.678. The Balaban J connectivity index is 1.94. The summed E-state index contributed by atoms with van der Waals surface area (Å²) in [5, 5.41) is 9.75. The SMILES string of the molecule is CN(C)C(C)(C(=O)O)C1C2CC3CC(C2)CC1C3. The van der Waals surface area contributed by atoms with E-state index in [9.17, 15) is 9.90 Å². The maximum absolute atomic E-state index is 11.8. The summed E-state index contributed by atoms with van der Waals surface area (Å²) in [6.45, 7) is 1.95. The number of hydrogen-bond acceptors (Lipinski definition) is 2. The lowest BCUT2D eigenvalue weighted by Crippen LogP contribution is -2.62. The summed E-state index contributed by atoms with van der Waals surface area (Å²) in [5.74, 6) is 2.85. The molecule has 18 heavy (non-hydrogen) atoms. The van der Waals surface area contributed by atoms with Crippen molar-refractivity contribution in [3.8, 4) is 0 Å². The molecule has 0 radical (unpaired) electrons. The molecule has 3 heteroatoms. The molecule has 0 aromatic carbocycles. The molecule has 4 rings (SSSR count). The Morgan fingerprint density at radius 1 is 1.06 bits per heavy atom. The van der Waals surface area contributed by atoms with Crippen molar-refractivity contribution in [1.82, 2.24) is 4.90 Å². The standard InChI is InChI=1S/C15H25NO2/c1-15(14(17)18,16(2)3)13-11-5-9-4-10(7-11)8-12(13)6-9/h9-13H,4-8H2,1-3H3,(H,17,18). The fraction of sp³-hybridized carbons (Fsp3) is 0.933. The lowest BCUT2D eigenvalue weighted by Gasteiger charge is -2.59. The number of carboxylic acid groups (broad SMARTS) is 1. The average Bonchev–Trinajstić information content (AvgIpc) is 2.26. The van der Waals surface area contributed by atoms with Gasteiger partial charge in [0.1, 0.15) is 5.54 Å². The van der Waals surface area contributed by atoms with Crippen LogP contribution in [-0.2, 0) is 4.79 Å². The Kier molecular flexibility index (Phi) is 2.74. The van der Waals surface area contributed by atoms with Gasteiger partial charge in [0, 0.05) is 0 Å². The number of hydrogen-bond donors (Lipinski definition) is 1. The van der Waals surface area contributed by atoms with E-state index in [-0.39, 0.29) is 0 Å². The van der Waals surface area contributed by atoms with E-state index < -0.39 is 11.5 Å². The van der Waals surface area contributed by atoms with E-state index in [1.807, 2.05) is 25.9 Å². The van der Waals surface area contributed by atoms with E-state index in [4.69, 9.17) is 0 Å². The normalized spacial score (nSPS) is 45.2. The van der Waals surface area contributed by atoms with Crippen LogP contribution in [0, 0.1) is 29.6 Å². The van der Waals surface area contributed by atoms with Crippen LogP contribution in [0.3, 0.4) is 0 Å². The molecule has 4 fully saturated rings. The Morgan fingerprint density at radius 2 is 1.50 bits per heavy atom. The Morgan fingerprint density at radius 3 is 1.83 bits per heavy atom. The molecule has 0 saturated heterocycles. The van der Waals surface area contributed by atoms with Crippen molar-refractivity contribution >= 4 is 5.97 Å². The number of carbonyl (C=O) groups is 1. The van der Waals surface area contributed by atoms with Gasteiger partial charge in [-0.2, -0.15) is 0 Å². The van der Waals surface area contributed by atoms with Crippen LogP contribution in [0.25, 0.3) is 0 Å². The van der Waals surface area contributed by atoms with Gasteiger partial charge in [-0.3, -0.25) is 9.69 Å². The van der Waals surface area contributed by atoms with Crippen molar-refractivity contribution < 1.29 is 9.90 Å². The van der Waals surface area contributed by atoms with Gasteiger partial charge >= 0.3 is 5.97 Å². The lowest BCUT2D eigenvalue weighted by atomic mass is 9.48. The quantitative estimate of drug-likeness (QED) is 0.837. The summed E-state index contributed by atoms with van der Waals surface area (Å²) < 4.78 is 0. The highest BCUT2D eigenvalue weighted by Crippen LogP contribution is 2.59. The minimum atomic E-state index is -0.678. The number of nitrogens with zero attached hydrogens (tertiary/aromatic N) is 1. The lowest BCUT2D eigenvalue weighted by molar-refractivity contribution is -0.166. The molecule has 102 valence electrons. The molecule has 4 bridgehead atoms. The van der Waals surface area contributed by atoms with E-state index in [0.29, 0.717) is 17.8 Å². The predicted octanol–water partition coefficient (Wildman–Crippen LogP) is 2.46. The third-order valence-corrected chi connectivity index (χ3v) is 6.24. The van der Waals surface area contributed by atoms with E-state index in [1.165, 1.54) is 32.1 Å². The highest BCUT2D eigenvalue weighted by Gasteiger charge is 2.57. The maximum atomic E-state index is 11.8. The zero-order valence-electron chi connectivity index (χ0n) is 11.7. The molecule has 1 unspecified atom stereocenters. The molecule has 4 aliphatic carbocycles. The van der Waals surface area contributed by atoms with Gasteiger partial charge in [-0.1, -0.05) is 0 Å². The minimum absolute atomic E-state index is 0.359. The van der Waals surface area contributed by atoms with Gasteiger partial charge in [0.15, 0.2) is 0 Å². The van der Waals surface area contributed by atoms with Crippen LogP contribution in [0.1, 0.15) is 39.0 Å². The number of carboxylic acids is 1. The maximum Gasteiger partial charge on any atom is 0.324 e. The van der Waals surface area contributed by atoms with Crippen molar-refractivity contribution in [3.05, 3.63) is 0 Å². The Bertz CT molecular complexity index is 338. The molecule has 0 aromatic rings. The third-order valence-electron chi connectivity index (χ3n) is 6.24. The fourth-order valence-corrected chi connectivity index (χ4v) is 5.48. The van der Waals surface area contributed by atoms with Crippen LogP contribution in [0.4, 0.5) is 0 Å². The molecule has 4 aliphatic rings. The molecule has 0 spiro atoms. The first-order valence-corrected chi connectivity index (χ1v) is 7.33. The molecular weight excluding hydrogens is 226 g/mol. The molecule has 1 atom stereocenters. The van der Waals surface area contributed by atoms with Crippen LogP contribution >= 0.6 is 0 Å². The molecule has 1 N–H and O–H groups in total. The predicted molar refractivity (Wildman–Crippen MR) is 70.3 cm³/mol. The average molecular weight is 251 g/mol. The van der Waals surface area contributed by atoms with Crippen molar-refractivity contribution in [2.75, 3.05) is 14.1 Å². The van der Waals surface area contributed by atoms with E-state index >= 15 is 0 Å². The topological polar surface area (TPSA) is 40.5 Å². The van der Waals surface area contributed by atoms with Crippen LogP contribution in [0.2, 0.25) is 0 Å². The van der Waals surface area contributed by atoms with Crippen molar-refractivity contribution in [2.45, 2.75) is 44.6 Å². The largest absolute Gasteiger partial charge is 0.480 e. The highest BCUT2D eigenvalue weighted by atomic mass is 16.4. The van der Waals surface area contributed by atoms with Gasteiger partial charge in [-0.25, -0.2) is 0 Å². The molecule has 0 aliphatic heterocycles. The number of likely N-dealkylation sites (N-methyl/N-ethyl adjacent to an activating group) is 1. The van der Waals surface area contributed by atoms with Crippen LogP contribution in [0.5, 0.6) is 0 Å². The summed E-state index contributed by atoms with van der Waals surface area (Å²) in [4.78, 5) is 13.8. The molecule has 3 nitrogen and oxygen atoms in total. The second-order valence-electron chi connectivity index (χ2n) is 7.30. The number of aliphatic carboxylic acids is 1. The molecule has 0 aromatic heterocycles. The Labute approximate surface area is 110 Å². The summed E-state index contributed by atoms with van der Waals surface area (Å²) in [6.07, 6.45) is 6.57. The molecule has 4 saturated carbocycles. The van der Waals surface area contributed by atoms with Gasteiger partial charge in [-0.15, -0.1) is 0 Å². The Hall–Kier alpha value is -0.570. The van der Waals surface area contributed by atoms with Crippen molar-refractivity contribution in [3.63, 3.8) is 0 Å². The van der Waals surface area contributed by atoms with Gasteiger partial charge in [0.05, 0.1) is 0 Å². The van der Waals surface area contributed by atoms with Gasteiger partial charge < -0.3 is 5.11 Å². The summed E-state index contributed by atoms with van der Waals surface area (Å²) >= 11 is 0. The second kappa shape index (κ2) is 3.96. The first-order chi connectivity index (χ1) is 8.42. The van der Waals surface area contributed by atoms with Crippen LogP contribution < -0.4 is 0 Å². The molecule has 0 heterocycles. The minimum Gasteiger partial charge on any atom is -0.480 e. The van der Waals surface area contributed by atoms with Crippen LogP contribution in [0.15, 0.2) is 0 Å². The van der Waals surface area contributed by atoms with Crippen molar-refractivity contribution in [1.29, 1.82) is 0 Å². The monoisotopic (exact) mass is 251 g/mol. The van der Waals surface area contributed by atoms with Gasteiger partial charge in [0.2, 0.25) is 0 Å². The van der Waals surface area contributed by atoms with Gasteiger partial charge in [0.25, 0.3) is 0 Å². The molecular formula is C15H25NO2. The first kappa shape index (κ1) is 12.5. The fourth-order valence-electron chi connectivity index (χ4n) is 5.48. The summed E-state index contributed by atoms with van der Waals surface area (Å²) in [6, 6.07) is 0. The van der Waals surface area contributed by atoms with E-state index in [0.717, 1.165) is 11.8 Å². The van der Waals surface area contributed by atoms with Gasteiger partial charge in [-0.05, 0) is 82.7 Å². The highest BCUT2D eigenvalue weighted by molar-refractivity contribution is 5.79. The van der Waals surface area contributed by atoms with Crippen molar-refractivity contribution in [2.24, 2.45) is 29.6 Å². The zero-order valence-corrected chi connectivity index (χ0v) is 11.7. The summed E-state index contributed by atoms with van der Waals surface area (Å²) in [7, 11) is 3.86. The zero-order chi connectivity index (χ0) is 13.1. The van der Waals surface area contributed by atoms with E-state index in [1.54, 1.807) is 0 Å². The second-order valence-corrected chi connectivity index (χ2v) is 7.30. The number of rotatable bonds is 3. The first-order valence-electron chi connectivity index (χ1n) is 7.33. The van der Waals surface area contributed by atoms with E-state index in [2.05, 4.69) is 0 Å². The third kappa shape index (κ3) is 1.56.